The fraction of sp³-hybridized carbons (Fsp3) is 0.250. The lowest BCUT2D eigenvalue weighted by molar-refractivity contribution is -0.113. The first kappa shape index (κ1) is 25.5. The van der Waals surface area contributed by atoms with Crippen LogP contribution in [-0.4, -0.2) is 31.4 Å². The van der Waals surface area contributed by atoms with Crippen LogP contribution in [0.15, 0.2) is 46.9 Å². The number of carbonyl (C=O) groups is 1. The number of nitrogens with zero attached hydrogens (tertiary/aromatic N) is 4. The third-order valence-electron chi connectivity index (χ3n) is 5.31. The highest BCUT2D eigenvalue weighted by Crippen LogP contribution is 2.32. The minimum absolute atomic E-state index is 0.162. The highest BCUT2D eigenvalue weighted by molar-refractivity contribution is 7.99. The molecule has 0 fully saturated rings. The zero-order chi connectivity index (χ0) is 25.1. The van der Waals surface area contributed by atoms with Crippen LogP contribution in [0.25, 0.3) is 11.3 Å². The number of carbonyl (C=O) groups excluding carboxylic acids is 1. The topological polar surface area (TPSA) is 81.9 Å². The number of thiazole rings is 1. The van der Waals surface area contributed by atoms with Gasteiger partial charge in [-0.1, -0.05) is 41.0 Å². The van der Waals surface area contributed by atoms with Crippen LogP contribution in [0.4, 0.5) is 5.13 Å². The molecule has 0 bridgehead atoms. The third kappa shape index (κ3) is 6.16. The highest BCUT2D eigenvalue weighted by Gasteiger charge is 2.19. The van der Waals surface area contributed by atoms with E-state index >= 15 is 0 Å². The molecular formula is C24H23Cl2N5O2S2. The van der Waals surface area contributed by atoms with Gasteiger partial charge >= 0.3 is 0 Å². The molecule has 7 nitrogen and oxygen atoms in total. The highest BCUT2D eigenvalue weighted by atomic mass is 35.5. The number of halogens is 2. The van der Waals surface area contributed by atoms with Crippen molar-refractivity contribution < 1.29 is 9.53 Å². The minimum Gasteiger partial charge on any atom is -0.483 e. The Hall–Kier alpha value is -2.59. The van der Waals surface area contributed by atoms with E-state index in [1.54, 1.807) is 18.2 Å². The lowest BCUT2D eigenvalue weighted by atomic mass is 10.1. The predicted molar refractivity (Wildman–Crippen MR) is 143 cm³/mol. The minimum atomic E-state index is -0.300. The van der Waals surface area contributed by atoms with Gasteiger partial charge in [0.1, 0.15) is 5.75 Å². The SMILES string of the molecule is Cc1ccc(OC(C)c2nnc(SCC(=O)Nc3nc(-c4ccc(Cl)cc4Cl)cs3)n2C)cc1C. The van der Waals surface area contributed by atoms with Crippen molar-refractivity contribution in [2.24, 2.45) is 7.05 Å². The van der Waals surface area contributed by atoms with E-state index in [1.807, 2.05) is 49.0 Å². The molecule has 0 saturated carbocycles. The molecule has 4 rings (SSSR count). The van der Waals surface area contributed by atoms with E-state index < -0.39 is 0 Å². The molecule has 0 saturated heterocycles. The molecule has 1 unspecified atom stereocenters. The molecular weight excluding hydrogens is 525 g/mol. The number of thioether (sulfide) groups is 1. The summed E-state index contributed by atoms with van der Waals surface area (Å²) in [6.45, 7) is 6.04. The molecule has 2 aromatic carbocycles. The number of rotatable bonds is 8. The zero-order valence-electron chi connectivity index (χ0n) is 19.5. The summed E-state index contributed by atoms with van der Waals surface area (Å²) in [6, 6.07) is 11.2. The molecule has 2 heterocycles. The maximum atomic E-state index is 12.5. The molecule has 35 heavy (non-hydrogen) atoms. The fourth-order valence-electron chi connectivity index (χ4n) is 3.29. The van der Waals surface area contributed by atoms with Crippen molar-refractivity contribution in [2.75, 3.05) is 11.1 Å². The van der Waals surface area contributed by atoms with Gasteiger partial charge in [0.05, 0.1) is 16.5 Å². The molecule has 0 aliphatic rings. The summed E-state index contributed by atoms with van der Waals surface area (Å²) in [5.74, 6) is 1.42. The maximum absolute atomic E-state index is 12.5. The van der Waals surface area contributed by atoms with Gasteiger partial charge in [-0.3, -0.25) is 4.79 Å². The maximum Gasteiger partial charge on any atom is 0.236 e. The number of nitrogens with one attached hydrogen (secondary N) is 1. The molecule has 0 aliphatic carbocycles. The summed E-state index contributed by atoms with van der Waals surface area (Å²) in [5.41, 5.74) is 3.81. The number of anilines is 1. The average molecular weight is 549 g/mol. The van der Waals surface area contributed by atoms with Crippen molar-refractivity contribution in [1.82, 2.24) is 19.7 Å². The second kappa shape index (κ2) is 11.0. The fourth-order valence-corrected chi connectivity index (χ4v) is 5.24. The molecule has 4 aromatic rings. The average Bonchev–Trinajstić information content (AvgIpc) is 3.41. The van der Waals surface area contributed by atoms with Gasteiger partial charge in [0.15, 0.2) is 22.2 Å². The molecule has 0 radical (unpaired) electrons. The molecule has 11 heteroatoms. The number of hydrogen-bond donors (Lipinski definition) is 1. The van der Waals surface area contributed by atoms with E-state index in [2.05, 4.69) is 27.4 Å². The molecule has 1 amide bonds. The van der Waals surface area contributed by atoms with E-state index in [0.29, 0.717) is 31.9 Å². The first-order valence-electron chi connectivity index (χ1n) is 10.7. The zero-order valence-corrected chi connectivity index (χ0v) is 22.6. The van der Waals surface area contributed by atoms with Crippen molar-refractivity contribution in [3.05, 3.63) is 68.8 Å². The van der Waals surface area contributed by atoms with Crippen molar-refractivity contribution in [3.8, 4) is 17.0 Å². The van der Waals surface area contributed by atoms with Crippen LogP contribution in [0.1, 0.15) is 30.0 Å². The summed E-state index contributed by atoms with van der Waals surface area (Å²) in [4.78, 5) is 17.0. The molecule has 0 spiro atoms. The van der Waals surface area contributed by atoms with E-state index in [9.17, 15) is 4.79 Å². The summed E-state index contributed by atoms with van der Waals surface area (Å²) < 4.78 is 7.89. The van der Waals surface area contributed by atoms with Crippen LogP contribution >= 0.6 is 46.3 Å². The van der Waals surface area contributed by atoms with Gasteiger partial charge in [-0.2, -0.15) is 0 Å². The van der Waals surface area contributed by atoms with Crippen LogP contribution in [0, 0.1) is 13.8 Å². The second-order valence-electron chi connectivity index (χ2n) is 7.90. The summed E-state index contributed by atoms with van der Waals surface area (Å²) >= 11 is 14.8. The lowest BCUT2D eigenvalue weighted by Crippen LogP contribution is -2.14. The van der Waals surface area contributed by atoms with E-state index in [1.165, 1.54) is 34.2 Å². The Morgan fingerprint density at radius 1 is 1.17 bits per heavy atom. The monoisotopic (exact) mass is 547 g/mol. The Balaban J connectivity index is 1.34. The number of ether oxygens (including phenoxy) is 1. The van der Waals surface area contributed by atoms with Gasteiger partial charge < -0.3 is 14.6 Å². The largest absolute Gasteiger partial charge is 0.483 e. The molecule has 182 valence electrons. The molecule has 0 aliphatic heterocycles. The summed E-state index contributed by atoms with van der Waals surface area (Å²) in [5, 5.41) is 15.3. The summed E-state index contributed by atoms with van der Waals surface area (Å²) in [7, 11) is 1.86. The molecule has 1 N–H and O–H groups in total. The smallest absolute Gasteiger partial charge is 0.236 e. The Morgan fingerprint density at radius 3 is 2.71 bits per heavy atom. The normalized spacial score (nSPS) is 11.9. The Bertz CT molecular complexity index is 1370. The van der Waals surface area contributed by atoms with Gasteiger partial charge in [0.2, 0.25) is 5.91 Å². The van der Waals surface area contributed by atoms with Crippen LogP contribution in [0.5, 0.6) is 5.75 Å². The van der Waals surface area contributed by atoms with E-state index in [4.69, 9.17) is 27.9 Å². The number of aromatic nitrogens is 4. The van der Waals surface area contributed by atoms with E-state index in [0.717, 1.165) is 11.3 Å². The van der Waals surface area contributed by atoms with Gasteiger partial charge in [0, 0.05) is 23.0 Å². The second-order valence-corrected chi connectivity index (χ2v) is 10.5. The molecule has 1 atom stereocenters. The van der Waals surface area contributed by atoms with Crippen LogP contribution < -0.4 is 10.1 Å². The Kier molecular flexibility index (Phi) is 8.01. The predicted octanol–water partition coefficient (Wildman–Crippen LogP) is 6.73. The Morgan fingerprint density at radius 2 is 1.97 bits per heavy atom. The van der Waals surface area contributed by atoms with Gasteiger partial charge in [-0.05, 0) is 62.2 Å². The number of amides is 1. The standard InChI is InChI=1S/C24H23Cl2N5O2S2/c1-13-5-7-17(9-14(13)2)33-15(3)22-29-30-24(31(22)4)35-12-21(32)28-23-27-20(11-34-23)18-8-6-16(25)10-19(18)26/h5-11,15H,12H2,1-4H3,(H,27,28,32). The first-order valence-corrected chi connectivity index (χ1v) is 13.3. The van der Waals surface area contributed by atoms with Gasteiger partial charge in [-0.15, -0.1) is 21.5 Å². The lowest BCUT2D eigenvalue weighted by Gasteiger charge is -2.15. The van der Waals surface area contributed by atoms with Crippen LogP contribution in [-0.2, 0) is 11.8 Å². The van der Waals surface area contributed by atoms with Crippen molar-refractivity contribution >= 4 is 57.3 Å². The van der Waals surface area contributed by atoms with Crippen molar-refractivity contribution in [2.45, 2.75) is 32.0 Å². The number of benzene rings is 2. The number of aryl methyl sites for hydroxylation is 2. The molecule has 2 aromatic heterocycles. The van der Waals surface area contributed by atoms with E-state index in [-0.39, 0.29) is 17.8 Å². The van der Waals surface area contributed by atoms with Gasteiger partial charge in [-0.25, -0.2) is 4.98 Å². The quantitative estimate of drug-likeness (QED) is 0.246. The van der Waals surface area contributed by atoms with Gasteiger partial charge in [0.25, 0.3) is 0 Å². The Labute approximate surface area is 221 Å². The first-order chi connectivity index (χ1) is 16.7. The van der Waals surface area contributed by atoms with Crippen molar-refractivity contribution in [3.63, 3.8) is 0 Å². The summed E-state index contributed by atoms with van der Waals surface area (Å²) in [6.07, 6.45) is -0.300. The third-order valence-corrected chi connectivity index (χ3v) is 7.64. The van der Waals surface area contributed by atoms with Crippen molar-refractivity contribution in [1.29, 1.82) is 0 Å². The van der Waals surface area contributed by atoms with Crippen LogP contribution in [0.2, 0.25) is 10.0 Å². The van der Waals surface area contributed by atoms with Crippen LogP contribution in [0.3, 0.4) is 0 Å². The number of hydrogen-bond acceptors (Lipinski definition) is 7.